The fourth-order valence-electron chi connectivity index (χ4n) is 2.45. The maximum atomic E-state index is 5.15. The summed E-state index contributed by atoms with van der Waals surface area (Å²) in [6.45, 7) is 11.7. The zero-order valence-corrected chi connectivity index (χ0v) is 16.1. The van der Waals surface area contributed by atoms with Crippen molar-refractivity contribution in [3.05, 3.63) is 77.4 Å². The molecule has 0 spiro atoms. The van der Waals surface area contributed by atoms with Gasteiger partial charge in [0, 0.05) is 25.3 Å². The molecule has 0 saturated heterocycles. The summed E-state index contributed by atoms with van der Waals surface area (Å²) < 4.78 is 0. The zero-order valence-electron chi connectivity index (χ0n) is 16.1. The maximum absolute atomic E-state index is 5.15. The maximum Gasteiger partial charge on any atom is 0.0485 e. The smallest absolute Gasteiger partial charge is 0.0485 e. The Morgan fingerprint density at radius 3 is 2.12 bits per heavy atom. The van der Waals surface area contributed by atoms with Gasteiger partial charge in [0.05, 0.1) is 0 Å². The first-order valence-corrected chi connectivity index (χ1v) is 9.12. The Morgan fingerprint density at radius 2 is 1.60 bits per heavy atom. The molecule has 3 N–H and O–H groups in total. The van der Waals surface area contributed by atoms with Gasteiger partial charge in [0.1, 0.15) is 0 Å². The van der Waals surface area contributed by atoms with E-state index >= 15 is 0 Å². The van der Waals surface area contributed by atoms with E-state index in [2.05, 4.69) is 53.7 Å². The van der Waals surface area contributed by atoms with Gasteiger partial charge in [-0.3, -0.25) is 10.7 Å². The Bertz CT molecular complexity index is 603. The SMILES string of the molecule is CC.CC1=CCN(Cc2ccccc2)CC1.Cc1ccc(NN)cc1. The van der Waals surface area contributed by atoms with E-state index in [0.717, 1.165) is 18.8 Å². The second-order valence-corrected chi connectivity index (χ2v) is 6.03. The van der Waals surface area contributed by atoms with Gasteiger partial charge in [-0.05, 0) is 38.0 Å². The van der Waals surface area contributed by atoms with E-state index in [-0.39, 0.29) is 0 Å². The van der Waals surface area contributed by atoms with E-state index in [0.29, 0.717) is 0 Å². The molecule has 1 aliphatic rings. The molecule has 0 radical (unpaired) electrons. The van der Waals surface area contributed by atoms with Crippen LogP contribution in [0.25, 0.3) is 0 Å². The number of hydrogen-bond acceptors (Lipinski definition) is 3. The number of anilines is 1. The number of benzene rings is 2. The first-order valence-electron chi connectivity index (χ1n) is 9.12. The van der Waals surface area contributed by atoms with Crippen molar-refractivity contribution in [1.29, 1.82) is 0 Å². The zero-order chi connectivity index (χ0) is 18.5. The average molecular weight is 340 g/mol. The number of nitrogens with one attached hydrogen (secondary N) is 1. The summed E-state index contributed by atoms with van der Waals surface area (Å²) in [7, 11) is 0. The first-order chi connectivity index (χ1) is 12.2. The van der Waals surface area contributed by atoms with E-state index in [1.807, 2.05) is 45.0 Å². The standard InChI is InChI=1S/C13H17N.C7H10N2.C2H6/c1-12-7-9-14(10-8-12)11-13-5-3-2-4-6-13;1-6-2-4-7(9-8)5-3-6;1-2/h2-7H,8-11H2,1H3;2-5,9H,8H2,1H3;1-2H3. The van der Waals surface area contributed by atoms with Crippen molar-refractivity contribution in [1.82, 2.24) is 4.90 Å². The van der Waals surface area contributed by atoms with Gasteiger partial charge in [-0.15, -0.1) is 0 Å². The minimum Gasteiger partial charge on any atom is -0.324 e. The number of nitrogens with zero attached hydrogens (tertiary/aromatic N) is 1. The molecule has 1 heterocycles. The molecule has 2 aromatic carbocycles. The van der Waals surface area contributed by atoms with Crippen LogP contribution in [0.4, 0.5) is 5.69 Å². The Labute approximate surface area is 153 Å². The van der Waals surface area contributed by atoms with E-state index in [4.69, 9.17) is 5.84 Å². The molecule has 0 saturated carbocycles. The normalized spacial score (nSPS) is 13.6. The van der Waals surface area contributed by atoms with Gasteiger partial charge in [0.25, 0.3) is 0 Å². The summed E-state index contributed by atoms with van der Waals surface area (Å²) in [5.74, 6) is 5.15. The second kappa shape index (κ2) is 12.3. The quantitative estimate of drug-likeness (QED) is 0.462. The Balaban J connectivity index is 0.000000246. The third-order valence-corrected chi connectivity index (χ3v) is 3.99. The van der Waals surface area contributed by atoms with Gasteiger partial charge >= 0.3 is 0 Å². The lowest BCUT2D eigenvalue weighted by atomic mass is 10.1. The molecule has 0 amide bonds. The summed E-state index contributed by atoms with van der Waals surface area (Å²) >= 11 is 0. The van der Waals surface area contributed by atoms with Crippen molar-refractivity contribution < 1.29 is 0 Å². The van der Waals surface area contributed by atoms with Crippen LogP contribution >= 0.6 is 0 Å². The lowest BCUT2D eigenvalue weighted by molar-refractivity contribution is 0.286. The number of hydrogen-bond donors (Lipinski definition) is 2. The van der Waals surface area contributed by atoms with Crippen LogP contribution in [0, 0.1) is 6.92 Å². The van der Waals surface area contributed by atoms with Crippen LogP contribution in [-0.4, -0.2) is 18.0 Å². The van der Waals surface area contributed by atoms with Crippen molar-refractivity contribution in [2.45, 2.75) is 40.7 Å². The third kappa shape index (κ3) is 8.52. The Hall–Kier alpha value is -2.10. The van der Waals surface area contributed by atoms with Crippen LogP contribution in [0.3, 0.4) is 0 Å². The summed E-state index contributed by atoms with van der Waals surface area (Å²) in [4.78, 5) is 2.49. The molecular weight excluding hydrogens is 306 g/mol. The number of hydrazine groups is 1. The molecule has 0 atom stereocenters. The minimum absolute atomic E-state index is 0.945. The summed E-state index contributed by atoms with van der Waals surface area (Å²) in [6, 6.07) is 18.6. The summed E-state index contributed by atoms with van der Waals surface area (Å²) in [5.41, 5.74) is 7.70. The molecule has 3 nitrogen and oxygen atoms in total. The predicted molar refractivity (Wildman–Crippen MR) is 110 cm³/mol. The van der Waals surface area contributed by atoms with Gasteiger partial charge in [-0.1, -0.05) is 73.5 Å². The van der Waals surface area contributed by atoms with Gasteiger partial charge in [0.15, 0.2) is 0 Å². The van der Waals surface area contributed by atoms with Crippen LogP contribution in [0.5, 0.6) is 0 Å². The number of rotatable bonds is 3. The van der Waals surface area contributed by atoms with Gasteiger partial charge in [-0.2, -0.15) is 0 Å². The summed E-state index contributed by atoms with van der Waals surface area (Å²) in [5, 5.41) is 0. The van der Waals surface area contributed by atoms with E-state index in [1.165, 1.54) is 29.7 Å². The topological polar surface area (TPSA) is 41.3 Å². The molecule has 0 aromatic heterocycles. The van der Waals surface area contributed by atoms with Crippen molar-refractivity contribution in [2.75, 3.05) is 18.5 Å². The van der Waals surface area contributed by atoms with Crippen LogP contribution in [-0.2, 0) is 6.54 Å². The largest absolute Gasteiger partial charge is 0.324 e. The minimum atomic E-state index is 0.945. The predicted octanol–water partition coefficient (Wildman–Crippen LogP) is 5.15. The number of nitrogens with two attached hydrogens (primary N) is 1. The highest BCUT2D eigenvalue weighted by molar-refractivity contribution is 5.42. The lowest BCUT2D eigenvalue weighted by Crippen LogP contribution is -2.27. The number of nitrogen functional groups attached to an aromatic ring is 1. The van der Waals surface area contributed by atoms with E-state index < -0.39 is 0 Å². The third-order valence-electron chi connectivity index (χ3n) is 3.99. The number of aryl methyl sites for hydroxylation is 1. The fourth-order valence-corrected chi connectivity index (χ4v) is 2.45. The Morgan fingerprint density at radius 1 is 0.960 bits per heavy atom. The van der Waals surface area contributed by atoms with Crippen LogP contribution < -0.4 is 11.3 Å². The lowest BCUT2D eigenvalue weighted by Gasteiger charge is -2.25. The molecule has 2 aromatic rings. The second-order valence-electron chi connectivity index (χ2n) is 6.03. The van der Waals surface area contributed by atoms with Crippen LogP contribution in [0.2, 0.25) is 0 Å². The molecule has 136 valence electrons. The van der Waals surface area contributed by atoms with E-state index in [9.17, 15) is 0 Å². The molecule has 0 aliphatic carbocycles. The van der Waals surface area contributed by atoms with Crippen LogP contribution in [0.15, 0.2) is 66.2 Å². The van der Waals surface area contributed by atoms with Gasteiger partial charge < -0.3 is 5.43 Å². The molecule has 0 unspecified atom stereocenters. The molecule has 3 rings (SSSR count). The molecule has 25 heavy (non-hydrogen) atoms. The fraction of sp³-hybridized carbons (Fsp3) is 0.364. The first kappa shape index (κ1) is 20.9. The van der Waals surface area contributed by atoms with Crippen molar-refractivity contribution in [3.8, 4) is 0 Å². The highest BCUT2D eigenvalue weighted by atomic mass is 15.2. The van der Waals surface area contributed by atoms with Crippen LogP contribution in [0.1, 0.15) is 38.3 Å². The Kier molecular flexibility index (Phi) is 10.3. The van der Waals surface area contributed by atoms with Crippen molar-refractivity contribution in [3.63, 3.8) is 0 Å². The summed E-state index contributed by atoms with van der Waals surface area (Å²) in [6.07, 6.45) is 3.57. The van der Waals surface area contributed by atoms with Gasteiger partial charge in [-0.25, -0.2) is 0 Å². The van der Waals surface area contributed by atoms with Gasteiger partial charge in [0.2, 0.25) is 0 Å². The van der Waals surface area contributed by atoms with Crippen molar-refractivity contribution >= 4 is 5.69 Å². The molecule has 0 bridgehead atoms. The molecule has 1 aliphatic heterocycles. The van der Waals surface area contributed by atoms with E-state index in [1.54, 1.807) is 0 Å². The highest BCUT2D eigenvalue weighted by Gasteiger charge is 2.08. The molecule has 3 heteroatoms. The molecule has 0 fully saturated rings. The van der Waals surface area contributed by atoms with Crippen molar-refractivity contribution in [2.24, 2.45) is 5.84 Å². The monoisotopic (exact) mass is 339 g/mol. The average Bonchev–Trinajstić information content (AvgIpc) is 2.67. The highest BCUT2D eigenvalue weighted by Crippen LogP contribution is 2.12. The molecular formula is C22H33N3.